The van der Waals surface area contributed by atoms with E-state index in [1.54, 1.807) is 4.90 Å². The van der Waals surface area contributed by atoms with Gasteiger partial charge in [0.25, 0.3) is 11.8 Å². The molecule has 4 rings (SSSR count). The number of halogens is 1. The predicted octanol–water partition coefficient (Wildman–Crippen LogP) is 0.469. The molecule has 3 atom stereocenters. The number of Topliss-reactive ketones (excluding diaryl/α,β-unsaturated/α-hetero) is 1. The van der Waals surface area contributed by atoms with Crippen molar-refractivity contribution < 1.29 is 23.9 Å². The molecule has 1 aromatic carbocycles. The lowest BCUT2D eigenvalue weighted by Gasteiger charge is -2.40. The van der Waals surface area contributed by atoms with Crippen molar-refractivity contribution in [2.75, 3.05) is 11.6 Å². The van der Waals surface area contributed by atoms with Gasteiger partial charge in [-0.05, 0) is 37.1 Å². The molecule has 130 valence electrons. The Kier molecular flexibility index (Phi) is 3.64. The first-order valence-electron chi connectivity index (χ1n) is 8.15. The van der Waals surface area contributed by atoms with Crippen molar-refractivity contribution in [3.63, 3.8) is 0 Å². The largest absolute Gasteiger partial charge is 0.393 e. The van der Waals surface area contributed by atoms with Crippen molar-refractivity contribution in [1.29, 1.82) is 0 Å². The third kappa shape index (κ3) is 2.53. The van der Waals surface area contributed by atoms with Crippen LogP contribution < -0.4 is 5.01 Å². The zero-order valence-corrected chi connectivity index (χ0v) is 13.3. The number of anilines is 1. The molecule has 1 aliphatic carbocycles. The average Bonchev–Trinajstić information content (AvgIpc) is 2.92. The monoisotopic (exact) mass is 345 g/mol. The number of fused-ring (bicyclic) bond motifs is 1. The molecule has 2 amide bonds. The minimum absolute atomic E-state index is 0.0538. The second kappa shape index (κ2) is 5.73. The number of hydrogen-bond donors (Lipinski definition) is 1. The summed E-state index contributed by atoms with van der Waals surface area (Å²) < 4.78 is 13.1. The summed E-state index contributed by atoms with van der Waals surface area (Å²) in [5.41, 5.74) is 0.00790. The molecular weight excluding hydrogens is 329 g/mol. The number of benzene rings is 1. The number of hydrazone groups is 1. The summed E-state index contributed by atoms with van der Waals surface area (Å²) >= 11 is 0. The van der Waals surface area contributed by atoms with E-state index < -0.39 is 35.9 Å². The van der Waals surface area contributed by atoms with Gasteiger partial charge < -0.3 is 10.0 Å². The zero-order chi connectivity index (χ0) is 17.7. The molecule has 1 N–H and O–H groups in total. The van der Waals surface area contributed by atoms with Crippen molar-refractivity contribution >= 4 is 29.0 Å². The van der Waals surface area contributed by atoms with Gasteiger partial charge in [-0.15, -0.1) is 0 Å². The van der Waals surface area contributed by atoms with E-state index in [0.29, 0.717) is 25.1 Å². The SMILES string of the molecule is O=C1CC(=O)N(c2ccc(F)cc2)N=C1C(=O)N1CC[C@H]2[C@H](O)C[C@H]21. The van der Waals surface area contributed by atoms with Crippen LogP contribution in [-0.4, -0.2) is 52.0 Å². The van der Waals surface area contributed by atoms with Crippen molar-refractivity contribution in [2.24, 2.45) is 11.0 Å². The number of hydrogen-bond acceptors (Lipinski definition) is 5. The van der Waals surface area contributed by atoms with Crippen LogP contribution in [0.25, 0.3) is 0 Å². The molecule has 2 fully saturated rings. The van der Waals surface area contributed by atoms with E-state index in [4.69, 9.17) is 0 Å². The van der Waals surface area contributed by atoms with Crippen LogP contribution in [0.1, 0.15) is 19.3 Å². The molecule has 1 saturated carbocycles. The number of aliphatic hydroxyl groups is 1. The minimum atomic E-state index is -0.614. The topological polar surface area (TPSA) is 90.3 Å². The lowest BCUT2D eigenvalue weighted by Crippen LogP contribution is -2.54. The van der Waals surface area contributed by atoms with Crippen LogP contribution in [0.2, 0.25) is 0 Å². The van der Waals surface area contributed by atoms with E-state index in [1.807, 2.05) is 0 Å². The standard InChI is InChI=1S/C17H16FN3O4/c18-9-1-3-10(4-2-9)21-15(24)8-14(23)16(19-21)17(25)20-6-5-11-12(20)7-13(11)22/h1-4,11-13,22H,5-8H2/t11-,12-,13-/m1/s1. The molecule has 2 heterocycles. The average molecular weight is 345 g/mol. The van der Waals surface area contributed by atoms with Crippen LogP contribution in [0.15, 0.2) is 29.4 Å². The van der Waals surface area contributed by atoms with Gasteiger partial charge in [-0.25, -0.2) is 4.39 Å². The summed E-state index contributed by atoms with van der Waals surface area (Å²) in [5.74, 6) is -2.10. The van der Waals surface area contributed by atoms with Crippen LogP contribution >= 0.6 is 0 Å². The van der Waals surface area contributed by atoms with Crippen LogP contribution in [0.5, 0.6) is 0 Å². The highest BCUT2D eigenvalue weighted by Gasteiger charge is 2.50. The lowest BCUT2D eigenvalue weighted by atomic mass is 9.77. The summed E-state index contributed by atoms with van der Waals surface area (Å²) in [6.45, 7) is 0.460. The van der Waals surface area contributed by atoms with Gasteiger partial charge in [0.05, 0.1) is 18.2 Å². The first-order valence-corrected chi connectivity index (χ1v) is 8.15. The third-order valence-electron chi connectivity index (χ3n) is 5.12. The van der Waals surface area contributed by atoms with Gasteiger partial charge in [-0.2, -0.15) is 10.1 Å². The summed E-state index contributed by atoms with van der Waals surface area (Å²) in [5, 5.41) is 14.6. The smallest absolute Gasteiger partial charge is 0.278 e. The number of nitrogens with zero attached hydrogens (tertiary/aromatic N) is 3. The van der Waals surface area contributed by atoms with Crippen molar-refractivity contribution in [3.05, 3.63) is 30.1 Å². The molecule has 0 spiro atoms. The van der Waals surface area contributed by atoms with Gasteiger partial charge in [-0.3, -0.25) is 14.4 Å². The fourth-order valence-electron chi connectivity index (χ4n) is 3.70. The first kappa shape index (κ1) is 15.9. The Morgan fingerprint density at radius 2 is 1.96 bits per heavy atom. The van der Waals surface area contributed by atoms with Gasteiger partial charge in [0.2, 0.25) is 0 Å². The number of carbonyl (C=O) groups is 3. The Morgan fingerprint density at radius 1 is 1.24 bits per heavy atom. The number of ketones is 1. The maximum absolute atomic E-state index is 13.1. The van der Waals surface area contributed by atoms with E-state index in [2.05, 4.69) is 5.10 Å². The molecular formula is C17H16FN3O4. The molecule has 1 aromatic rings. The van der Waals surface area contributed by atoms with Crippen molar-refractivity contribution in [3.8, 4) is 0 Å². The summed E-state index contributed by atoms with van der Waals surface area (Å²) in [6.07, 6.45) is 0.342. The first-order chi connectivity index (χ1) is 12.0. The Hall–Kier alpha value is -2.61. The molecule has 3 aliphatic rings. The van der Waals surface area contributed by atoms with Crippen LogP contribution in [0.3, 0.4) is 0 Å². The van der Waals surface area contributed by atoms with Gasteiger partial charge in [0, 0.05) is 18.5 Å². The Labute approximate surface area is 142 Å². The highest BCUT2D eigenvalue weighted by molar-refractivity contribution is 6.67. The molecule has 2 aliphatic heterocycles. The normalized spacial score (nSPS) is 28.6. The summed E-state index contributed by atoms with van der Waals surface area (Å²) in [6, 6.07) is 5.01. The number of carbonyl (C=O) groups excluding carboxylic acids is 3. The van der Waals surface area contributed by atoms with Gasteiger partial charge in [0.15, 0.2) is 11.5 Å². The molecule has 0 bridgehead atoms. The van der Waals surface area contributed by atoms with Crippen LogP contribution in [0.4, 0.5) is 10.1 Å². The maximum Gasteiger partial charge on any atom is 0.278 e. The lowest BCUT2D eigenvalue weighted by molar-refractivity contribution is -0.130. The molecule has 1 saturated heterocycles. The number of rotatable bonds is 2. The van der Waals surface area contributed by atoms with Crippen LogP contribution in [0, 0.1) is 11.7 Å². The molecule has 0 aromatic heterocycles. The van der Waals surface area contributed by atoms with Gasteiger partial charge >= 0.3 is 0 Å². The second-order valence-electron chi connectivity index (χ2n) is 6.55. The fourth-order valence-corrected chi connectivity index (χ4v) is 3.70. The molecule has 25 heavy (non-hydrogen) atoms. The summed E-state index contributed by atoms with van der Waals surface area (Å²) in [7, 11) is 0. The predicted molar refractivity (Wildman–Crippen MR) is 85.2 cm³/mol. The van der Waals surface area contributed by atoms with E-state index in [0.717, 1.165) is 5.01 Å². The fraction of sp³-hybridized carbons (Fsp3) is 0.412. The maximum atomic E-state index is 13.1. The van der Waals surface area contributed by atoms with Gasteiger partial charge in [0.1, 0.15) is 5.82 Å². The van der Waals surface area contributed by atoms with Crippen LogP contribution in [-0.2, 0) is 14.4 Å². The van der Waals surface area contributed by atoms with Crippen molar-refractivity contribution in [1.82, 2.24) is 4.90 Å². The Morgan fingerprint density at radius 3 is 2.60 bits per heavy atom. The number of likely N-dealkylation sites (tertiary alicyclic amines) is 1. The second-order valence-corrected chi connectivity index (χ2v) is 6.55. The number of amides is 2. The summed E-state index contributed by atoms with van der Waals surface area (Å²) in [4.78, 5) is 38.6. The van der Waals surface area contributed by atoms with E-state index in [1.165, 1.54) is 24.3 Å². The highest BCUT2D eigenvalue weighted by Crippen LogP contribution is 2.40. The molecule has 8 heteroatoms. The Balaban J connectivity index is 1.62. The Bertz CT molecular complexity index is 792. The highest BCUT2D eigenvalue weighted by atomic mass is 19.1. The van der Waals surface area contributed by atoms with Crippen molar-refractivity contribution in [2.45, 2.75) is 31.4 Å². The van der Waals surface area contributed by atoms with E-state index in [-0.39, 0.29) is 17.7 Å². The van der Waals surface area contributed by atoms with E-state index in [9.17, 15) is 23.9 Å². The number of aliphatic hydroxyl groups excluding tert-OH is 1. The van der Waals surface area contributed by atoms with Gasteiger partial charge in [-0.1, -0.05) is 0 Å². The molecule has 0 unspecified atom stereocenters. The molecule has 7 nitrogen and oxygen atoms in total. The zero-order valence-electron chi connectivity index (χ0n) is 13.3. The molecule has 0 radical (unpaired) electrons. The minimum Gasteiger partial charge on any atom is -0.393 e. The quantitative estimate of drug-likeness (QED) is 0.789. The van der Waals surface area contributed by atoms with E-state index >= 15 is 0 Å². The third-order valence-corrected chi connectivity index (χ3v) is 5.12.